The highest BCUT2D eigenvalue weighted by atomic mass is 16.5. The van der Waals surface area contributed by atoms with Gasteiger partial charge in [-0.15, -0.1) is 0 Å². The molecule has 0 aliphatic carbocycles. The van der Waals surface area contributed by atoms with Gasteiger partial charge in [0.1, 0.15) is 6.04 Å². The molecule has 0 aromatic rings. The van der Waals surface area contributed by atoms with Gasteiger partial charge in [0.05, 0.1) is 20.6 Å². The maximum absolute atomic E-state index is 11.5. The Morgan fingerprint density at radius 2 is 1.65 bits per heavy atom. The van der Waals surface area contributed by atoms with Crippen LogP contribution in [0.5, 0.6) is 0 Å². The monoisotopic (exact) mass is 245 g/mol. The molecule has 0 spiro atoms. The Labute approximate surface area is 101 Å². The summed E-state index contributed by atoms with van der Waals surface area (Å²) in [6, 6.07) is -0.987. The molecule has 0 radical (unpaired) electrons. The lowest BCUT2D eigenvalue weighted by Gasteiger charge is -2.16. The lowest BCUT2D eigenvalue weighted by molar-refractivity contribution is -0.150. The standard InChI is InChI=1S/C11H19NO5/c1-7(2)5-9(13)12-8(11(15)17-4)6-10(14)16-3/h7-8H,5-6H2,1-4H3,(H,12,13)/t8-/m1/s1. The first kappa shape index (κ1) is 15.4. The normalized spacial score (nSPS) is 11.8. The van der Waals surface area contributed by atoms with Gasteiger partial charge in [-0.1, -0.05) is 13.8 Å². The number of carbonyl (C=O) groups is 3. The van der Waals surface area contributed by atoms with Gasteiger partial charge in [-0.3, -0.25) is 9.59 Å². The lowest BCUT2D eigenvalue weighted by Crippen LogP contribution is -2.43. The van der Waals surface area contributed by atoms with Crippen LogP contribution in [0.4, 0.5) is 0 Å². The van der Waals surface area contributed by atoms with Gasteiger partial charge < -0.3 is 14.8 Å². The maximum atomic E-state index is 11.5. The van der Waals surface area contributed by atoms with Gasteiger partial charge in [-0.05, 0) is 5.92 Å². The van der Waals surface area contributed by atoms with Crippen molar-refractivity contribution in [2.45, 2.75) is 32.7 Å². The predicted molar refractivity (Wildman–Crippen MR) is 60.0 cm³/mol. The maximum Gasteiger partial charge on any atom is 0.328 e. The minimum absolute atomic E-state index is 0.173. The highest BCUT2D eigenvalue weighted by Gasteiger charge is 2.25. The third-order valence-electron chi connectivity index (χ3n) is 2.01. The smallest absolute Gasteiger partial charge is 0.328 e. The molecule has 0 saturated carbocycles. The Morgan fingerprint density at radius 1 is 1.06 bits per heavy atom. The molecule has 0 aliphatic heterocycles. The summed E-state index contributed by atoms with van der Waals surface area (Å²) in [4.78, 5) is 33.9. The number of hydrogen-bond donors (Lipinski definition) is 1. The molecule has 0 bridgehead atoms. The minimum atomic E-state index is -0.987. The molecule has 0 saturated heterocycles. The summed E-state index contributed by atoms with van der Waals surface area (Å²) in [5.41, 5.74) is 0. The summed E-state index contributed by atoms with van der Waals surface area (Å²) in [7, 11) is 2.41. The molecule has 6 heteroatoms. The second kappa shape index (κ2) is 7.65. The molecule has 0 unspecified atom stereocenters. The largest absolute Gasteiger partial charge is 0.469 e. The van der Waals surface area contributed by atoms with Crippen molar-refractivity contribution in [1.82, 2.24) is 5.32 Å². The van der Waals surface area contributed by atoms with Crippen LogP contribution in [0.2, 0.25) is 0 Å². The number of rotatable bonds is 6. The zero-order valence-corrected chi connectivity index (χ0v) is 10.6. The SMILES string of the molecule is COC(=O)C[C@@H](NC(=O)CC(C)C)C(=O)OC. The van der Waals surface area contributed by atoms with Crippen molar-refractivity contribution in [3.63, 3.8) is 0 Å². The van der Waals surface area contributed by atoms with E-state index in [4.69, 9.17) is 0 Å². The Kier molecular flexibility index (Phi) is 6.93. The van der Waals surface area contributed by atoms with Gasteiger partial charge in [0.25, 0.3) is 0 Å². The summed E-state index contributed by atoms with van der Waals surface area (Å²) >= 11 is 0. The Balaban J connectivity index is 4.43. The Bertz CT molecular complexity index is 288. The fraction of sp³-hybridized carbons (Fsp3) is 0.727. The van der Waals surface area contributed by atoms with Crippen LogP contribution >= 0.6 is 0 Å². The Hall–Kier alpha value is -1.59. The van der Waals surface area contributed by atoms with Crippen LogP contribution in [-0.2, 0) is 23.9 Å². The van der Waals surface area contributed by atoms with Crippen molar-refractivity contribution >= 4 is 17.8 Å². The number of carbonyl (C=O) groups excluding carboxylic acids is 3. The van der Waals surface area contributed by atoms with Crippen LogP contribution in [0.1, 0.15) is 26.7 Å². The van der Waals surface area contributed by atoms with Gasteiger partial charge in [0, 0.05) is 6.42 Å². The fourth-order valence-corrected chi connectivity index (χ4v) is 1.21. The van der Waals surface area contributed by atoms with E-state index in [0.717, 1.165) is 0 Å². The van der Waals surface area contributed by atoms with Crippen molar-refractivity contribution in [1.29, 1.82) is 0 Å². The van der Waals surface area contributed by atoms with Crippen LogP contribution in [0.15, 0.2) is 0 Å². The van der Waals surface area contributed by atoms with E-state index in [1.807, 2.05) is 13.8 Å². The lowest BCUT2D eigenvalue weighted by atomic mass is 10.1. The van der Waals surface area contributed by atoms with Crippen LogP contribution in [-0.4, -0.2) is 38.1 Å². The average Bonchev–Trinajstić information content (AvgIpc) is 2.25. The van der Waals surface area contributed by atoms with Gasteiger partial charge in [0.2, 0.25) is 5.91 Å². The zero-order valence-electron chi connectivity index (χ0n) is 10.6. The number of esters is 2. The summed E-state index contributed by atoms with van der Waals surface area (Å²) in [6.07, 6.45) is 0.0572. The van der Waals surface area contributed by atoms with E-state index < -0.39 is 18.0 Å². The highest BCUT2D eigenvalue weighted by Crippen LogP contribution is 2.02. The molecule has 1 amide bonds. The number of ether oxygens (including phenoxy) is 2. The first-order chi connectivity index (χ1) is 7.90. The fourth-order valence-electron chi connectivity index (χ4n) is 1.21. The van der Waals surface area contributed by atoms with Crippen molar-refractivity contribution in [2.75, 3.05) is 14.2 Å². The summed E-state index contributed by atoms with van der Waals surface area (Å²) < 4.78 is 8.94. The predicted octanol–water partition coefficient (Wildman–Crippen LogP) is 0.253. The van der Waals surface area contributed by atoms with Gasteiger partial charge >= 0.3 is 11.9 Å². The van der Waals surface area contributed by atoms with E-state index >= 15 is 0 Å². The first-order valence-corrected chi connectivity index (χ1v) is 5.34. The van der Waals surface area contributed by atoms with Gasteiger partial charge in [-0.2, -0.15) is 0 Å². The molecule has 0 fully saturated rings. The van der Waals surface area contributed by atoms with E-state index in [9.17, 15) is 14.4 Å². The second-order valence-electron chi connectivity index (χ2n) is 4.02. The molecule has 98 valence electrons. The first-order valence-electron chi connectivity index (χ1n) is 5.34. The molecule has 0 rings (SSSR count). The summed E-state index contributed by atoms with van der Waals surface area (Å²) in [5, 5.41) is 2.45. The molecule has 0 aromatic carbocycles. The third-order valence-corrected chi connectivity index (χ3v) is 2.01. The molecular formula is C11H19NO5. The van der Waals surface area contributed by atoms with E-state index in [1.54, 1.807) is 0 Å². The molecule has 1 atom stereocenters. The van der Waals surface area contributed by atoms with Crippen molar-refractivity contribution < 1.29 is 23.9 Å². The van der Waals surface area contributed by atoms with E-state index in [2.05, 4.69) is 14.8 Å². The second-order valence-corrected chi connectivity index (χ2v) is 4.02. The Morgan fingerprint density at radius 3 is 2.06 bits per heavy atom. The van der Waals surface area contributed by atoms with E-state index in [1.165, 1.54) is 14.2 Å². The zero-order chi connectivity index (χ0) is 13.4. The molecule has 0 aliphatic rings. The highest BCUT2D eigenvalue weighted by molar-refractivity contribution is 5.88. The minimum Gasteiger partial charge on any atom is -0.469 e. The number of hydrogen-bond acceptors (Lipinski definition) is 5. The summed E-state index contributed by atoms with van der Waals surface area (Å²) in [5.74, 6) is -1.36. The molecule has 0 aromatic heterocycles. The van der Waals surface area contributed by atoms with E-state index in [-0.39, 0.29) is 24.7 Å². The molecule has 17 heavy (non-hydrogen) atoms. The third kappa shape index (κ3) is 6.55. The average molecular weight is 245 g/mol. The number of amides is 1. The van der Waals surface area contributed by atoms with Gasteiger partial charge in [-0.25, -0.2) is 4.79 Å². The summed E-state index contributed by atoms with van der Waals surface area (Å²) in [6.45, 7) is 3.76. The number of nitrogens with one attached hydrogen (secondary N) is 1. The van der Waals surface area contributed by atoms with Crippen molar-refractivity contribution in [2.24, 2.45) is 5.92 Å². The van der Waals surface area contributed by atoms with Crippen LogP contribution in [0, 0.1) is 5.92 Å². The van der Waals surface area contributed by atoms with Crippen LogP contribution in [0.3, 0.4) is 0 Å². The van der Waals surface area contributed by atoms with E-state index in [0.29, 0.717) is 0 Å². The number of methoxy groups -OCH3 is 2. The van der Waals surface area contributed by atoms with Crippen molar-refractivity contribution in [3.05, 3.63) is 0 Å². The molecule has 6 nitrogen and oxygen atoms in total. The topological polar surface area (TPSA) is 81.7 Å². The quantitative estimate of drug-likeness (QED) is 0.678. The molecule has 0 heterocycles. The van der Waals surface area contributed by atoms with Crippen LogP contribution in [0.25, 0.3) is 0 Å². The molecule has 1 N–H and O–H groups in total. The molecular weight excluding hydrogens is 226 g/mol. The van der Waals surface area contributed by atoms with Crippen LogP contribution < -0.4 is 5.32 Å². The van der Waals surface area contributed by atoms with Gasteiger partial charge in [0.15, 0.2) is 0 Å². The van der Waals surface area contributed by atoms with Crippen molar-refractivity contribution in [3.8, 4) is 0 Å².